The Morgan fingerprint density at radius 2 is 1.88 bits per heavy atom. The van der Waals surface area contributed by atoms with Crippen LogP contribution >= 0.6 is 0 Å². The number of benzene rings is 2. The van der Waals surface area contributed by atoms with Crippen molar-refractivity contribution >= 4 is 17.5 Å². The lowest BCUT2D eigenvalue weighted by Crippen LogP contribution is -2.26. The van der Waals surface area contributed by atoms with Gasteiger partial charge in [0, 0.05) is 19.0 Å². The van der Waals surface area contributed by atoms with Crippen molar-refractivity contribution < 1.29 is 23.1 Å². The zero-order chi connectivity index (χ0) is 18.9. The minimum absolute atomic E-state index is 0.0589. The van der Waals surface area contributed by atoms with Gasteiger partial charge in [-0.3, -0.25) is 9.59 Å². The van der Waals surface area contributed by atoms with Gasteiger partial charge in [0.2, 0.25) is 5.91 Å². The first-order valence-corrected chi connectivity index (χ1v) is 8.26. The summed E-state index contributed by atoms with van der Waals surface area (Å²) >= 11 is 0. The molecule has 5 nitrogen and oxygen atoms in total. The second kappa shape index (κ2) is 9.50. The number of carbonyl (C=O) groups is 2. The molecule has 2 aromatic carbocycles. The van der Waals surface area contributed by atoms with Gasteiger partial charge in [-0.25, -0.2) is 8.78 Å². The van der Waals surface area contributed by atoms with Crippen molar-refractivity contribution in [2.75, 3.05) is 18.5 Å². The highest BCUT2D eigenvalue weighted by Crippen LogP contribution is 2.18. The summed E-state index contributed by atoms with van der Waals surface area (Å²) in [6, 6.07) is 9.70. The average Bonchev–Trinajstić information content (AvgIpc) is 2.62. The van der Waals surface area contributed by atoms with Gasteiger partial charge in [-0.1, -0.05) is 12.1 Å². The van der Waals surface area contributed by atoms with Gasteiger partial charge in [0.1, 0.15) is 17.4 Å². The quantitative estimate of drug-likeness (QED) is 0.706. The molecule has 138 valence electrons. The number of anilines is 1. The lowest BCUT2D eigenvalue weighted by Gasteiger charge is -2.10. The van der Waals surface area contributed by atoms with Gasteiger partial charge in [0.15, 0.2) is 0 Å². The molecule has 7 heteroatoms. The summed E-state index contributed by atoms with van der Waals surface area (Å²) in [6.07, 6.45) is 0.411. The van der Waals surface area contributed by atoms with Gasteiger partial charge in [-0.2, -0.15) is 0 Å². The van der Waals surface area contributed by atoms with Crippen molar-refractivity contribution in [3.05, 3.63) is 59.7 Å². The maximum absolute atomic E-state index is 13.5. The average molecular weight is 362 g/mol. The number of carbonyl (C=O) groups excluding carboxylic acids is 2. The van der Waals surface area contributed by atoms with Crippen molar-refractivity contribution in [1.29, 1.82) is 0 Å². The molecule has 0 saturated carbocycles. The van der Waals surface area contributed by atoms with E-state index in [2.05, 4.69) is 10.6 Å². The van der Waals surface area contributed by atoms with E-state index in [1.54, 1.807) is 24.3 Å². The Bertz CT molecular complexity index is 781. The molecule has 0 aliphatic rings. The Kier molecular flexibility index (Phi) is 7.08. The van der Waals surface area contributed by atoms with Crippen molar-refractivity contribution in [2.24, 2.45) is 0 Å². The van der Waals surface area contributed by atoms with Gasteiger partial charge in [0.05, 0.1) is 17.9 Å². The van der Waals surface area contributed by atoms with Crippen LogP contribution in [0, 0.1) is 11.6 Å². The van der Waals surface area contributed by atoms with Crippen LogP contribution in [0.25, 0.3) is 0 Å². The highest BCUT2D eigenvalue weighted by molar-refractivity contribution is 5.97. The van der Waals surface area contributed by atoms with Crippen molar-refractivity contribution in [3.8, 4) is 5.75 Å². The molecule has 2 N–H and O–H groups in total. The fourth-order valence-corrected chi connectivity index (χ4v) is 2.29. The van der Waals surface area contributed by atoms with Gasteiger partial charge in [0.25, 0.3) is 5.91 Å². The first-order valence-electron chi connectivity index (χ1n) is 8.26. The van der Waals surface area contributed by atoms with Crippen LogP contribution in [-0.4, -0.2) is 25.0 Å². The van der Waals surface area contributed by atoms with Crippen LogP contribution in [0.15, 0.2) is 42.5 Å². The van der Waals surface area contributed by atoms with Crippen LogP contribution in [0.1, 0.15) is 30.1 Å². The number of hydrogen-bond donors (Lipinski definition) is 2. The minimum atomic E-state index is -0.708. The highest BCUT2D eigenvalue weighted by Gasteiger charge is 2.12. The Balaban J connectivity index is 1.79. The van der Waals surface area contributed by atoms with Gasteiger partial charge in [-0.15, -0.1) is 0 Å². The molecule has 0 unspecified atom stereocenters. The summed E-state index contributed by atoms with van der Waals surface area (Å²) in [5, 5.41) is 5.01. The number of para-hydroxylation sites is 1. The van der Waals surface area contributed by atoms with E-state index in [1.165, 1.54) is 0 Å². The third-order valence-corrected chi connectivity index (χ3v) is 3.50. The van der Waals surface area contributed by atoms with Gasteiger partial charge >= 0.3 is 0 Å². The zero-order valence-electron chi connectivity index (χ0n) is 14.4. The molecule has 0 saturated heterocycles. The van der Waals surface area contributed by atoms with E-state index in [4.69, 9.17) is 4.74 Å². The molecule has 2 amide bonds. The summed E-state index contributed by atoms with van der Waals surface area (Å²) in [6.45, 7) is 2.54. The van der Waals surface area contributed by atoms with E-state index in [-0.39, 0.29) is 24.6 Å². The summed E-state index contributed by atoms with van der Waals surface area (Å²) in [5.41, 5.74) is 0.213. The van der Waals surface area contributed by atoms with Crippen LogP contribution < -0.4 is 15.4 Å². The number of hydrogen-bond acceptors (Lipinski definition) is 3. The topological polar surface area (TPSA) is 67.4 Å². The summed E-state index contributed by atoms with van der Waals surface area (Å²) in [5.74, 6) is -1.61. The smallest absolute Gasteiger partial charge is 0.255 e. The molecule has 0 aliphatic carbocycles. The van der Waals surface area contributed by atoms with E-state index in [0.29, 0.717) is 24.3 Å². The Morgan fingerprint density at radius 1 is 1.12 bits per heavy atom. The molecular formula is C19H20F2N2O3. The molecule has 0 fully saturated rings. The first kappa shape index (κ1) is 19.4. The predicted octanol–water partition coefficient (Wildman–Crippen LogP) is 3.51. The lowest BCUT2D eigenvalue weighted by molar-refractivity contribution is -0.116. The molecule has 0 spiro atoms. The first-order chi connectivity index (χ1) is 12.5. The molecule has 0 radical (unpaired) electrons. The van der Waals surface area contributed by atoms with Gasteiger partial charge in [-0.05, 0) is 37.6 Å². The molecule has 0 aromatic heterocycles. The van der Waals surface area contributed by atoms with Crippen molar-refractivity contribution in [2.45, 2.75) is 19.8 Å². The van der Waals surface area contributed by atoms with E-state index in [0.717, 1.165) is 18.2 Å². The van der Waals surface area contributed by atoms with E-state index in [1.807, 2.05) is 6.92 Å². The molecule has 2 aromatic rings. The van der Waals surface area contributed by atoms with E-state index < -0.39 is 17.5 Å². The SMILES string of the molecule is CCOc1ccccc1C(=O)NCCCC(=O)Nc1cc(F)ccc1F. The van der Waals surface area contributed by atoms with Crippen LogP contribution in [0.3, 0.4) is 0 Å². The van der Waals surface area contributed by atoms with Crippen molar-refractivity contribution in [1.82, 2.24) is 5.32 Å². The second-order valence-electron chi connectivity index (χ2n) is 5.46. The highest BCUT2D eigenvalue weighted by atomic mass is 19.1. The molecule has 2 rings (SSSR count). The third kappa shape index (κ3) is 5.54. The lowest BCUT2D eigenvalue weighted by atomic mass is 10.2. The molecule has 26 heavy (non-hydrogen) atoms. The fourth-order valence-electron chi connectivity index (χ4n) is 2.29. The maximum Gasteiger partial charge on any atom is 0.255 e. The van der Waals surface area contributed by atoms with Crippen LogP contribution in [0.5, 0.6) is 5.75 Å². The van der Waals surface area contributed by atoms with E-state index in [9.17, 15) is 18.4 Å². The summed E-state index contributed by atoms with van der Waals surface area (Å²) in [4.78, 5) is 24.0. The molecule has 0 aliphatic heterocycles. The molecule has 0 bridgehead atoms. The monoisotopic (exact) mass is 362 g/mol. The number of nitrogens with one attached hydrogen (secondary N) is 2. The Morgan fingerprint density at radius 3 is 2.65 bits per heavy atom. The maximum atomic E-state index is 13.5. The van der Waals surface area contributed by atoms with Crippen LogP contribution in [0.4, 0.5) is 14.5 Å². The fraction of sp³-hybridized carbons (Fsp3) is 0.263. The molecule has 0 atom stereocenters. The number of ether oxygens (including phenoxy) is 1. The number of halogens is 2. The zero-order valence-corrected chi connectivity index (χ0v) is 14.4. The summed E-state index contributed by atoms with van der Waals surface area (Å²) < 4.78 is 31.9. The summed E-state index contributed by atoms with van der Waals surface area (Å²) in [7, 11) is 0. The van der Waals surface area contributed by atoms with Crippen molar-refractivity contribution in [3.63, 3.8) is 0 Å². The largest absolute Gasteiger partial charge is 0.493 e. The van der Waals surface area contributed by atoms with Crippen LogP contribution in [-0.2, 0) is 4.79 Å². The van der Waals surface area contributed by atoms with E-state index >= 15 is 0 Å². The second-order valence-corrected chi connectivity index (χ2v) is 5.46. The number of rotatable bonds is 8. The van der Waals surface area contributed by atoms with Gasteiger partial charge < -0.3 is 15.4 Å². The normalized spacial score (nSPS) is 10.3. The molecular weight excluding hydrogens is 342 g/mol. The Hall–Kier alpha value is -2.96. The van der Waals surface area contributed by atoms with Crippen LogP contribution in [0.2, 0.25) is 0 Å². The minimum Gasteiger partial charge on any atom is -0.493 e. The number of amides is 2. The molecule has 0 heterocycles. The third-order valence-electron chi connectivity index (χ3n) is 3.50. The predicted molar refractivity (Wildman–Crippen MR) is 94.2 cm³/mol. The standard InChI is InChI=1S/C19H20F2N2O3/c1-2-26-17-7-4-3-6-14(17)19(25)22-11-5-8-18(24)23-16-12-13(20)9-10-15(16)21/h3-4,6-7,9-10,12H,2,5,8,11H2,1H3,(H,22,25)(H,23,24). The Labute approximate surface area is 150 Å².